The summed E-state index contributed by atoms with van der Waals surface area (Å²) in [5, 5.41) is 6.56. The summed E-state index contributed by atoms with van der Waals surface area (Å²) in [6, 6.07) is 0. The van der Waals surface area contributed by atoms with Crippen molar-refractivity contribution in [1.82, 2.24) is 0 Å². The Morgan fingerprint density at radius 1 is 1.54 bits per heavy atom. The predicted molar refractivity (Wildman–Crippen MR) is 38.6 cm³/mol. The number of halogens is 2. The van der Waals surface area contributed by atoms with E-state index in [0.29, 0.717) is 0 Å². The van der Waals surface area contributed by atoms with Crippen molar-refractivity contribution < 1.29 is 32.9 Å². The van der Waals surface area contributed by atoms with Gasteiger partial charge in [0.05, 0.1) is 6.10 Å². The maximum atomic E-state index is 12.5. The second kappa shape index (κ2) is 5.32. The summed E-state index contributed by atoms with van der Waals surface area (Å²) in [5.41, 5.74) is 0. The Bertz CT molecular complexity index is 174. The van der Waals surface area contributed by atoms with E-state index in [-0.39, 0.29) is 0 Å². The van der Waals surface area contributed by atoms with Crippen LogP contribution in [0.15, 0.2) is 0 Å². The summed E-state index contributed by atoms with van der Waals surface area (Å²) >= 11 is -0.651. The topological polar surface area (TPSA) is 65.0 Å². The van der Waals surface area contributed by atoms with Gasteiger partial charge in [-0.15, -0.1) is 4.33 Å². The van der Waals surface area contributed by atoms with E-state index in [1.54, 1.807) is 0 Å². The third-order valence-corrected chi connectivity index (χ3v) is 1.25. The Hall–Kier alpha value is -0.440. The Balaban J connectivity index is 4.03. The van der Waals surface area contributed by atoms with E-state index in [0.717, 1.165) is 0 Å². The van der Waals surface area contributed by atoms with Gasteiger partial charge in [-0.25, -0.2) is 10.1 Å². The molecule has 78 valence electrons. The minimum atomic E-state index is -3.91. The average molecular weight is 218 g/mol. The lowest BCUT2D eigenvalue weighted by Gasteiger charge is -2.13. The van der Waals surface area contributed by atoms with Crippen LogP contribution in [-0.2, 0) is 18.9 Å². The smallest absolute Gasteiger partial charge is 0.415 e. The number of hydrogen-bond donors (Lipinski definition) is 1. The number of hydrogen-bond acceptors (Lipinski definition) is 6. The van der Waals surface area contributed by atoms with Gasteiger partial charge in [0.15, 0.2) is 0 Å². The highest BCUT2D eigenvalue weighted by Crippen LogP contribution is 2.31. The molecular formula is C5H8F2O5S. The van der Waals surface area contributed by atoms with Crippen LogP contribution >= 0.6 is 12.0 Å². The molecule has 0 fully saturated rings. The van der Waals surface area contributed by atoms with Crippen LogP contribution in [0.2, 0.25) is 0 Å². The van der Waals surface area contributed by atoms with Crippen molar-refractivity contribution in [1.29, 1.82) is 0 Å². The highest BCUT2D eigenvalue weighted by atomic mass is 32.2. The first kappa shape index (κ1) is 12.6. The largest absolute Gasteiger partial charge is 0.458 e. The van der Waals surface area contributed by atoms with Crippen molar-refractivity contribution >= 4 is 18.0 Å². The summed E-state index contributed by atoms with van der Waals surface area (Å²) in [6.07, 6.45) is -0.658. The molecule has 8 heteroatoms. The van der Waals surface area contributed by atoms with E-state index in [9.17, 15) is 13.6 Å². The van der Waals surface area contributed by atoms with Gasteiger partial charge in [0.25, 0.3) is 0 Å². The zero-order valence-electron chi connectivity index (χ0n) is 6.82. The molecule has 0 aromatic carbocycles. The zero-order chi connectivity index (χ0) is 10.5. The molecule has 1 N–H and O–H groups in total. The molecule has 5 nitrogen and oxygen atoms in total. The molecule has 0 saturated carbocycles. The van der Waals surface area contributed by atoms with Gasteiger partial charge in [0.1, 0.15) is 12.0 Å². The molecule has 0 aromatic rings. The molecule has 0 aliphatic rings. The van der Waals surface area contributed by atoms with Gasteiger partial charge in [0, 0.05) is 0 Å². The molecule has 0 heterocycles. The first-order chi connectivity index (χ1) is 5.90. The van der Waals surface area contributed by atoms with Crippen LogP contribution < -0.4 is 0 Å². The highest BCUT2D eigenvalue weighted by Gasteiger charge is 2.44. The maximum Gasteiger partial charge on any atom is 0.415 e. The minimum Gasteiger partial charge on any atom is -0.458 e. The van der Waals surface area contributed by atoms with Gasteiger partial charge < -0.3 is 4.74 Å². The molecule has 0 atom stereocenters. The van der Waals surface area contributed by atoms with E-state index in [1.165, 1.54) is 13.8 Å². The molecule has 0 aromatic heterocycles. The van der Waals surface area contributed by atoms with Crippen molar-refractivity contribution in [3.8, 4) is 0 Å². The standard InChI is InChI=1S/C5H8F2O5S/c1-3(2)10-4(8)5(6,7)13-12-11-9/h3,9H,1-2H3. The Labute approximate surface area is 77.0 Å². The molecule has 0 amide bonds. The molecule has 0 spiro atoms. The van der Waals surface area contributed by atoms with Crippen LogP contribution in [0, 0.1) is 0 Å². The van der Waals surface area contributed by atoms with Gasteiger partial charge >= 0.3 is 11.2 Å². The molecule has 0 aliphatic carbocycles. The first-order valence-electron chi connectivity index (χ1n) is 3.15. The summed E-state index contributed by atoms with van der Waals surface area (Å²) in [4.78, 5) is 10.6. The van der Waals surface area contributed by atoms with Crippen LogP contribution in [0.3, 0.4) is 0 Å². The number of ether oxygens (including phenoxy) is 1. The van der Waals surface area contributed by atoms with Crippen molar-refractivity contribution in [2.24, 2.45) is 0 Å². The average Bonchev–Trinajstić information content (AvgIpc) is 1.99. The fraction of sp³-hybridized carbons (Fsp3) is 0.800. The lowest BCUT2D eigenvalue weighted by atomic mass is 10.5. The Morgan fingerprint density at radius 3 is 2.46 bits per heavy atom. The fourth-order valence-corrected chi connectivity index (χ4v) is 0.607. The number of carbonyl (C=O) groups is 1. The molecular weight excluding hydrogens is 210 g/mol. The number of alkyl halides is 2. The SMILES string of the molecule is CC(C)OC(=O)C(F)(F)SOOO. The predicted octanol–water partition coefficient (Wildman–Crippen LogP) is 1.60. The summed E-state index contributed by atoms with van der Waals surface area (Å²) in [5.74, 6) is -1.76. The molecule has 13 heavy (non-hydrogen) atoms. The lowest BCUT2D eigenvalue weighted by Crippen LogP contribution is -2.29. The molecule has 0 unspecified atom stereocenters. The van der Waals surface area contributed by atoms with Gasteiger partial charge in [-0.05, 0) is 13.8 Å². The van der Waals surface area contributed by atoms with Crippen molar-refractivity contribution in [3.05, 3.63) is 0 Å². The quantitative estimate of drug-likeness (QED) is 0.327. The van der Waals surface area contributed by atoms with Crippen LogP contribution in [-0.4, -0.2) is 22.6 Å². The first-order valence-corrected chi connectivity index (χ1v) is 3.89. The third kappa shape index (κ3) is 4.98. The van der Waals surface area contributed by atoms with Crippen molar-refractivity contribution in [2.45, 2.75) is 25.2 Å². The second-order valence-electron chi connectivity index (χ2n) is 2.20. The van der Waals surface area contributed by atoms with Gasteiger partial charge in [-0.2, -0.15) is 8.78 Å². The number of rotatable bonds is 5. The van der Waals surface area contributed by atoms with E-state index >= 15 is 0 Å². The second-order valence-corrected chi connectivity index (χ2v) is 3.01. The van der Waals surface area contributed by atoms with Crippen LogP contribution in [0.4, 0.5) is 8.78 Å². The summed E-state index contributed by atoms with van der Waals surface area (Å²) < 4.78 is 32.7. The van der Waals surface area contributed by atoms with Crippen LogP contribution in [0.25, 0.3) is 0 Å². The van der Waals surface area contributed by atoms with Gasteiger partial charge in [-0.3, -0.25) is 0 Å². The van der Waals surface area contributed by atoms with E-state index in [2.05, 4.69) is 14.1 Å². The highest BCUT2D eigenvalue weighted by molar-refractivity contribution is 7.96. The van der Waals surface area contributed by atoms with Crippen molar-refractivity contribution in [3.63, 3.8) is 0 Å². The van der Waals surface area contributed by atoms with Gasteiger partial charge in [0.2, 0.25) is 0 Å². The van der Waals surface area contributed by atoms with Crippen LogP contribution in [0.5, 0.6) is 0 Å². The maximum absolute atomic E-state index is 12.5. The molecule has 0 saturated heterocycles. The molecule has 0 rings (SSSR count). The lowest BCUT2D eigenvalue weighted by molar-refractivity contribution is -0.433. The minimum absolute atomic E-state index is 0.651. The van der Waals surface area contributed by atoms with E-state index in [1.807, 2.05) is 0 Å². The normalized spacial score (nSPS) is 11.8. The fourth-order valence-electron chi connectivity index (χ4n) is 0.375. The monoisotopic (exact) mass is 218 g/mol. The third-order valence-electron chi connectivity index (χ3n) is 0.749. The van der Waals surface area contributed by atoms with E-state index < -0.39 is 29.4 Å². The Kier molecular flexibility index (Phi) is 5.14. The molecule has 0 bridgehead atoms. The number of esters is 1. The van der Waals surface area contributed by atoms with Gasteiger partial charge in [-0.1, -0.05) is 5.04 Å². The zero-order valence-corrected chi connectivity index (χ0v) is 7.64. The van der Waals surface area contributed by atoms with Crippen molar-refractivity contribution in [2.75, 3.05) is 0 Å². The number of carbonyl (C=O) groups excluding carboxylic acids is 1. The summed E-state index contributed by atoms with van der Waals surface area (Å²) in [7, 11) is 0. The van der Waals surface area contributed by atoms with Crippen LogP contribution in [0.1, 0.15) is 13.8 Å². The molecule has 0 radical (unpaired) electrons. The Morgan fingerprint density at radius 2 is 2.08 bits per heavy atom. The summed E-state index contributed by atoms with van der Waals surface area (Å²) in [6.45, 7) is 2.84. The van der Waals surface area contributed by atoms with E-state index in [4.69, 9.17) is 5.26 Å². The molecule has 0 aliphatic heterocycles.